The van der Waals surface area contributed by atoms with Gasteiger partial charge in [-0.1, -0.05) is 139 Å². The SMILES string of the molecule is CC(=O)O.CC(C)C=O.CC(C)c1nc2c(o1)-c1ccccc1C(=O)C2=O.CC(C)c1nc2cc(O)c3ccccc3c2o1.CCO.NC1=CC(=O)c2ccccc2C1=O.O=C1C=CC(=O)c2ccccc21.[2H]CF. The average Bonchev–Trinajstić information content (AvgIpc) is 4.04. The molecule has 0 amide bonds. The molecule has 16 nitrogen and oxygen atoms in total. The van der Waals surface area contributed by atoms with Gasteiger partial charge in [-0.3, -0.25) is 38.0 Å². The summed E-state index contributed by atoms with van der Waals surface area (Å²) in [5, 5.41) is 26.6. The lowest BCUT2D eigenvalue weighted by Gasteiger charge is -2.10. The van der Waals surface area contributed by atoms with Gasteiger partial charge in [0.15, 0.2) is 46.2 Å². The maximum Gasteiger partial charge on any atom is 0.300 e. The minimum atomic E-state index is -1.00. The lowest BCUT2D eigenvalue weighted by molar-refractivity contribution is -0.134. The minimum Gasteiger partial charge on any atom is -0.507 e. The number of aldehydes is 1. The molecule has 74 heavy (non-hydrogen) atoms. The molecular weight excluding hydrogens is 954 g/mol. The zero-order valence-corrected chi connectivity index (χ0v) is 42.0. The summed E-state index contributed by atoms with van der Waals surface area (Å²) >= 11 is 0. The Morgan fingerprint density at radius 1 is 0.676 bits per heavy atom. The van der Waals surface area contributed by atoms with Crippen LogP contribution in [0.15, 0.2) is 136 Å². The zero-order valence-electron chi connectivity index (χ0n) is 43.0. The fourth-order valence-corrected chi connectivity index (χ4v) is 6.61. The van der Waals surface area contributed by atoms with Gasteiger partial charge >= 0.3 is 0 Å². The summed E-state index contributed by atoms with van der Waals surface area (Å²) in [6.45, 7) is 14.6. The zero-order chi connectivity index (χ0) is 56.1. The molecule has 17 heteroatoms. The number of Topliss-reactive ketones (excluding diaryl/α,β-unsaturated/α-hetero) is 3. The number of nitrogens with two attached hydrogens (primary N) is 1. The van der Waals surface area contributed by atoms with Crippen molar-refractivity contribution in [3.8, 4) is 17.1 Å². The molecule has 0 atom stereocenters. The highest BCUT2D eigenvalue weighted by atomic mass is 19.1. The predicted octanol–water partition coefficient (Wildman–Crippen LogP) is 10.7. The number of aliphatic hydroxyl groups excluding tert-OH is 1. The summed E-state index contributed by atoms with van der Waals surface area (Å²) in [4.78, 5) is 96.0. The molecule has 10 rings (SSSR count). The molecule has 0 spiro atoms. The number of phenols is 1. The molecule has 5 N–H and O–H groups in total. The van der Waals surface area contributed by atoms with Crippen molar-refractivity contribution in [2.75, 3.05) is 13.8 Å². The van der Waals surface area contributed by atoms with Crippen LogP contribution in [0, 0.1) is 5.92 Å². The van der Waals surface area contributed by atoms with Crippen molar-refractivity contribution in [1.82, 2.24) is 9.97 Å². The molecule has 7 aromatic rings. The quantitative estimate of drug-likeness (QED) is 0.0946. The molecule has 386 valence electrons. The number of carbonyl (C=O) groups excluding carboxylic acids is 7. The molecule has 0 saturated heterocycles. The van der Waals surface area contributed by atoms with Gasteiger partial charge in [-0.2, -0.15) is 0 Å². The second kappa shape index (κ2) is 28.3. The first kappa shape index (κ1) is 57.7. The number of aromatic nitrogens is 2. The summed E-state index contributed by atoms with van der Waals surface area (Å²) in [5.74, 6) is -0.215. The summed E-state index contributed by atoms with van der Waals surface area (Å²) in [6, 6.07) is 29.7. The molecular formula is C57H58FN3O13. The predicted molar refractivity (Wildman–Crippen MR) is 278 cm³/mol. The van der Waals surface area contributed by atoms with Crippen LogP contribution in [-0.4, -0.2) is 86.0 Å². The lowest BCUT2D eigenvalue weighted by atomic mass is 9.91. The van der Waals surface area contributed by atoms with E-state index >= 15 is 0 Å². The van der Waals surface area contributed by atoms with E-state index in [1.165, 1.54) is 18.2 Å². The van der Waals surface area contributed by atoms with Crippen molar-refractivity contribution in [2.45, 2.75) is 67.2 Å². The number of benzene rings is 5. The number of fused-ring (bicyclic) bond motifs is 8. The molecule has 0 aliphatic heterocycles. The van der Waals surface area contributed by atoms with Gasteiger partial charge in [-0.05, 0) is 19.1 Å². The lowest BCUT2D eigenvalue weighted by Crippen LogP contribution is -2.21. The van der Waals surface area contributed by atoms with Crippen LogP contribution < -0.4 is 5.73 Å². The number of carbonyl (C=O) groups is 8. The number of carboxylic acid groups (broad SMARTS) is 1. The van der Waals surface area contributed by atoms with E-state index in [4.69, 9.17) is 30.9 Å². The van der Waals surface area contributed by atoms with Crippen molar-refractivity contribution < 1.29 is 68.3 Å². The third-order valence-electron chi connectivity index (χ3n) is 9.96. The van der Waals surface area contributed by atoms with E-state index in [0.29, 0.717) is 56.4 Å². The number of aliphatic carboxylic acids is 1. The molecule has 0 radical (unpaired) electrons. The van der Waals surface area contributed by atoms with E-state index in [1.54, 1.807) is 79.7 Å². The maximum atomic E-state index is 11.9. The van der Waals surface area contributed by atoms with Crippen LogP contribution in [0.25, 0.3) is 33.2 Å². The van der Waals surface area contributed by atoms with Crippen molar-refractivity contribution in [1.29, 1.82) is 0 Å². The number of alkyl halides is 1. The van der Waals surface area contributed by atoms with Crippen molar-refractivity contribution in [3.05, 3.63) is 172 Å². The third-order valence-corrected chi connectivity index (χ3v) is 9.96. The first-order valence-electron chi connectivity index (χ1n) is 23.6. The molecule has 0 fully saturated rings. The number of oxazole rings is 2. The van der Waals surface area contributed by atoms with Crippen LogP contribution in [0.5, 0.6) is 5.75 Å². The topological polar surface area (TPSA) is 275 Å². The van der Waals surface area contributed by atoms with E-state index in [0.717, 1.165) is 29.6 Å². The van der Waals surface area contributed by atoms with Gasteiger partial charge in [0.25, 0.3) is 11.8 Å². The first-order valence-corrected chi connectivity index (χ1v) is 22.9. The van der Waals surface area contributed by atoms with Crippen molar-refractivity contribution >= 4 is 68.8 Å². The summed E-state index contributed by atoms with van der Waals surface area (Å²) < 4.78 is 26.9. The second-order valence-corrected chi connectivity index (χ2v) is 16.7. The Balaban J connectivity index is 0.000000244. The highest BCUT2D eigenvalue weighted by Crippen LogP contribution is 2.36. The minimum absolute atomic E-state index is 0.0173. The Hall–Kier alpha value is -8.83. The summed E-state index contributed by atoms with van der Waals surface area (Å²) in [7, 11) is -1.00. The molecule has 0 unspecified atom stereocenters. The van der Waals surface area contributed by atoms with Crippen LogP contribution in [0.3, 0.4) is 0 Å². The van der Waals surface area contributed by atoms with Gasteiger partial charge in [0, 0.05) is 87.6 Å². The molecule has 5 aromatic carbocycles. The van der Waals surface area contributed by atoms with Crippen LogP contribution in [0.2, 0.25) is 0 Å². The Morgan fingerprint density at radius 2 is 1.07 bits per heavy atom. The van der Waals surface area contributed by atoms with Crippen molar-refractivity contribution in [2.24, 2.45) is 11.7 Å². The molecule has 2 heterocycles. The normalized spacial score (nSPS) is 12.5. The van der Waals surface area contributed by atoms with Gasteiger partial charge in [0.2, 0.25) is 11.6 Å². The maximum absolute atomic E-state index is 11.9. The number of ketones is 6. The van der Waals surface area contributed by atoms with Crippen LogP contribution in [0.4, 0.5) is 4.39 Å². The largest absolute Gasteiger partial charge is 0.507 e. The fourth-order valence-electron chi connectivity index (χ4n) is 6.61. The second-order valence-electron chi connectivity index (χ2n) is 16.7. The van der Waals surface area contributed by atoms with Crippen molar-refractivity contribution in [3.63, 3.8) is 0 Å². The number of aliphatic hydroxyl groups is 1. The number of aromatic hydroxyl groups is 1. The van der Waals surface area contributed by atoms with Gasteiger partial charge in [-0.15, -0.1) is 0 Å². The molecule has 0 bridgehead atoms. The van der Waals surface area contributed by atoms with E-state index in [-0.39, 0.29) is 64.6 Å². The van der Waals surface area contributed by atoms with Gasteiger partial charge in [-0.25, -0.2) is 9.97 Å². The molecule has 2 aromatic heterocycles. The number of allylic oxidation sites excluding steroid dienone is 4. The number of hydrogen-bond donors (Lipinski definition) is 4. The van der Waals surface area contributed by atoms with Crippen LogP contribution in [-0.2, 0) is 9.59 Å². The van der Waals surface area contributed by atoms with E-state index in [2.05, 4.69) is 9.97 Å². The standard InChI is InChI=1S/C14H11NO3.C14H13NO2.C10H7NO2.C10H6O2.C4H8O.C2H4O2.C2H6O.CH3F/c1-7(2)14-15-10-12(17)11(16)8-5-3-4-6-9(8)13(10)18-14;1-8(2)14-15-11-7-12(16)9-5-3-4-6-10(9)13(11)17-14;11-8-5-9(12)6-3-1-2-4-7(6)10(8)13;11-9-5-6-10(12)8-4-2-1-3-7(8)9;1-4(2)3-5;1-2(3)4;1-2-3;1-2/h3-7H,1-2H3;3-8,16H,1-2H3;1-5H,11H2;1-6H;3-4H,1-2H3;1H3,(H,3,4);3H,2H2,1H3;1H3/i;;;;;;;1D. The summed E-state index contributed by atoms with van der Waals surface area (Å²) in [6.07, 6.45) is 4.71. The Labute approximate surface area is 427 Å². The Bertz CT molecular complexity index is 3210. The van der Waals surface area contributed by atoms with Gasteiger partial charge in [0.1, 0.15) is 17.6 Å². The molecule has 3 aliphatic carbocycles. The highest BCUT2D eigenvalue weighted by Gasteiger charge is 2.35. The summed E-state index contributed by atoms with van der Waals surface area (Å²) in [5.41, 5.74) is 9.87. The molecule has 0 saturated carbocycles. The average molecular weight is 1010 g/mol. The Morgan fingerprint density at radius 3 is 1.53 bits per heavy atom. The number of rotatable bonds is 3. The Kier molecular flexibility index (Phi) is 22.1. The number of phenolic OH excluding ortho intramolecular Hbond substituents is 1. The van der Waals surface area contributed by atoms with E-state index in [1.807, 2.05) is 71.9 Å². The number of nitrogens with zero attached hydrogens (tertiary/aromatic N) is 2. The van der Waals surface area contributed by atoms with Crippen LogP contribution in [0.1, 0.15) is 143 Å². The first-order chi connectivity index (χ1) is 35.6. The monoisotopic (exact) mass is 1010 g/mol. The van der Waals surface area contributed by atoms with E-state index < -0.39 is 24.7 Å². The van der Waals surface area contributed by atoms with E-state index in [9.17, 15) is 43.1 Å². The van der Waals surface area contributed by atoms with Gasteiger partial charge in [0.05, 0.1) is 14.2 Å². The number of hydrogen-bond acceptors (Lipinski definition) is 15. The third kappa shape index (κ3) is 15.3. The number of carboxylic acids is 1. The number of halogens is 1. The molecule has 3 aliphatic rings. The smallest absolute Gasteiger partial charge is 0.300 e. The van der Waals surface area contributed by atoms with Crippen LogP contribution >= 0.6 is 0 Å². The fraction of sp³-hybridized carbons (Fsp3) is 0.228. The van der Waals surface area contributed by atoms with Gasteiger partial charge < -0.3 is 34.7 Å². The highest BCUT2D eigenvalue weighted by molar-refractivity contribution is 6.52.